The van der Waals surface area contributed by atoms with Crippen LogP contribution >= 0.6 is 0 Å². The Morgan fingerprint density at radius 3 is 2.52 bits per heavy atom. The van der Waals surface area contributed by atoms with E-state index in [2.05, 4.69) is 5.32 Å². The van der Waals surface area contributed by atoms with E-state index in [-0.39, 0.29) is 30.9 Å². The van der Waals surface area contributed by atoms with Crippen LogP contribution in [-0.2, 0) is 9.59 Å². The molecular formula is C21H26N2O4. The van der Waals surface area contributed by atoms with Gasteiger partial charge < -0.3 is 19.7 Å². The molecule has 0 radical (unpaired) electrons. The number of rotatable bonds is 8. The van der Waals surface area contributed by atoms with E-state index in [1.54, 1.807) is 30.2 Å². The number of anilines is 2. The lowest BCUT2D eigenvalue weighted by Gasteiger charge is -2.21. The molecule has 2 amide bonds. The van der Waals surface area contributed by atoms with Gasteiger partial charge in [-0.05, 0) is 38.1 Å². The van der Waals surface area contributed by atoms with Crippen LogP contribution in [-0.4, -0.2) is 31.6 Å². The van der Waals surface area contributed by atoms with Crippen LogP contribution in [0.25, 0.3) is 0 Å². The smallest absolute Gasteiger partial charge is 0.226 e. The number of carbonyl (C=O) groups excluding carboxylic acids is 2. The van der Waals surface area contributed by atoms with E-state index in [0.717, 1.165) is 0 Å². The molecule has 0 spiro atoms. The van der Waals surface area contributed by atoms with Gasteiger partial charge in [-0.15, -0.1) is 0 Å². The molecule has 2 aromatic carbocycles. The molecule has 0 aliphatic rings. The third-order valence-corrected chi connectivity index (χ3v) is 3.83. The van der Waals surface area contributed by atoms with Gasteiger partial charge in [0.1, 0.15) is 11.5 Å². The lowest BCUT2D eigenvalue weighted by Crippen LogP contribution is -2.32. The standard InChI is InChI=1S/C21H26N2O4/c1-15(2)27-20-11-6-5-10-19(20)22-21(25)12-13-23(16(3)24)17-8-7-9-18(14-17)26-4/h5-11,14-15H,12-13H2,1-4H3,(H,22,25). The minimum absolute atomic E-state index is 0.00400. The Morgan fingerprint density at radius 2 is 1.85 bits per heavy atom. The highest BCUT2D eigenvalue weighted by molar-refractivity contribution is 5.95. The molecule has 6 heteroatoms. The maximum atomic E-state index is 12.4. The van der Waals surface area contributed by atoms with Crippen molar-refractivity contribution in [2.24, 2.45) is 0 Å². The SMILES string of the molecule is COc1cccc(N(CCC(=O)Nc2ccccc2OC(C)C)C(C)=O)c1. The fourth-order valence-corrected chi connectivity index (χ4v) is 2.60. The van der Waals surface area contributed by atoms with Gasteiger partial charge in [-0.1, -0.05) is 18.2 Å². The van der Waals surface area contributed by atoms with Gasteiger partial charge in [0.2, 0.25) is 11.8 Å². The molecule has 2 aromatic rings. The van der Waals surface area contributed by atoms with Gasteiger partial charge in [0, 0.05) is 31.6 Å². The third-order valence-electron chi connectivity index (χ3n) is 3.83. The Labute approximate surface area is 160 Å². The minimum atomic E-state index is -0.191. The van der Waals surface area contributed by atoms with E-state index in [0.29, 0.717) is 22.9 Å². The summed E-state index contributed by atoms with van der Waals surface area (Å²) in [5.41, 5.74) is 1.31. The molecule has 0 heterocycles. The van der Waals surface area contributed by atoms with Crippen LogP contribution in [0.4, 0.5) is 11.4 Å². The summed E-state index contributed by atoms with van der Waals surface area (Å²) < 4.78 is 10.9. The molecule has 0 aliphatic heterocycles. The Morgan fingerprint density at radius 1 is 1.11 bits per heavy atom. The topological polar surface area (TPSA) is 67.9 Å². The molecular weight excluding hydrogens is 344 g/mol. The van der Waals surface area contributed by atoms with Gasteiger partial charge in [-0.3, -0.25) is 9.59 Å². The van der Waals surface area contributed by atoms with Gasteiger partial charge >= 0.3 is 0 Å². The van der Waals surface area contributed by atoms with Crippen LogP contribution in [0.15, 0.2) is 48.5 Å². The molecule has 0 atom stereocenters. The van der Waals surface area contributed by atoms with Crippen LogP contribution in [0.2, 0.25) is 0 Å². The molecule has 27 heavy (non-hydrogen) atoms. The highest BCUT2D eigenvalue weighted by Crippen LogP contribution is 2.25. The number of benzene rings is 2. The van der Waals surface area contributed by atoms with Crippen molar-refractivity contribution in [3.8, 4) is 11.5 Å². The maximum Gasteiger partial charge on any atom is 0.226 e. The Hall–Kier alpha value is -3.02. The van der Waals surface area contributed by atoms with E-state index in [1.807, 2.05) is 44.2 Å². The monoisotopic (exact) mass is 370 g/mol. The van der Waals surface area contributed by atoms with Crippen molar-refractivity contribution in [1.82, 2.24) is 0 Å². The summed E-state index contributed by atoms with van der Waals surface area (Å²) in [6.45, 7) is 5.60. The first-order valence-corrected chi connectivity index (χ1v) is 8.88. The lowest BCUT2D eigenvalue weighted by molar-refractivity contribution is -0.117. The van der Waals surface area contributed by atoms with Crippen molar-refractivity contribution >= 4 is 23.2 Å². The molecule has 0 unspecified atom stereocenters. The number of hydrogen-bond donors (Lipinski definition) is 1. The maximum absolute atomic E-state index is 12.4. The predicted octanol–water partition coefficient (Wildman–Crippen LogP) is 3.86. The van der Waals surface area contributed by atoms with Crippen molar-refractivity contribution in [1.29, 1.82) is 0 Å². The largest absolute Gasteiger partial charge is 0.497 e. The van der Waals surface area contributed by atoms with Gasteiger partial charge in [0.15, 0.2) is 0 Å². The Kier molecular flexibility index (Phi) is 7.23. The highest BCUT2D eigenvalue weighted by atomic mass is 16.5. The second kappa shape index (κ2) is 9.62. The molecule has 0 aromatic heterocycles. The van der Waals surface area contributed by atoms with E-state index in [9.17, 15) is 9.59 Å². The summed E-state index contributed by atoms with van der Waals surface area (Å²) in [7, 11) is 1.57. The molecule has 6 nitrogen and oxygen atoms in total. The number of hydrogen-bond acceptors (Lipinski definition) is 4. The highest BCUT2D eigenvalue weighted by Gasteiger charge is 2.15. The molecule has 2 rings (SSSR count). The molecule has 1 N–H and O–H groups in total. The zero-order valence-corrected chi connectivity index (χ0v) is 16.2. The average molecular weight is 370 g/mol. The minimum Gasteiger partial charge on any atom is -0.497 e. The number of carbonyl (C=O) groups is 2. The second-order valence-corrected chi connectivity index (χ2v) is 6.33. The first-order chi connectivity index (χ1) is 12.9. The summed E-state index contributed by atoms with van der Waals surface area (Å²) in [6, 6.07) is 14.5. The fourth-order valence-electron chi connectivity index (χ4n) is 2.60. The quantitative estimate of drug-likeness (QED) is 0.766. The van der Waals surface area contributed by atoms with Crippen LogP contribution < -0.4 is 19.7 Å². The molecule has 0 saturated carbocycles. The zero-order chi connectivity index (χ0) is 19.8. The fraction of sp³-hybridized carbons (Fsp3) is 0.333. The summed E-state index contributed by atoms with van der Waals surface area (Å²) >= 11 is 0. The van der Waals surface area contributed by atoms with E-state index >= 15 is 0 Å². The predicted molar refractivity (Wildman–Crippen MR) is 106 cm³/mol. The van der Waals surface area contributed by atoms with Crippen molar-refractivity contribution in [2.45, 2.75) is 33.3 Å². The first-order valence-electron chi connectivity index (χ1n) is 8.88. The average Bonchev–Trinajstić information content (AvgIpc) is 2.63. The van der Waals surface area contributed by atoms with Crippen LogP contribution in [0.1, 0.15) is 27.2 Å². The summed E-state index contributed by atoms with van der Waals surface area (Å²) in [5, 5.41) is 2.86. The van der Waals surface area contributed by atoms with Gasteiger partial charge in [-0.25, -0.2) is 0 Å². The molecule has 0 saturated heterocycles. The summed E-state index contributed by atoms with van der Waals surface area (Å²) in [5.74, 6) is 0.948. The van der Waals surface area contributed by atoms with Crippen LogP contribution in [0.3, 0.4) is 0 Å². The van der Waals surface area contributed by atoms with Crippen LogP contribution in [0.5, 0.6) is 11.5 Å². The van der Waals surface area contributed by atoms with E-state index in [1.165, 1.54) is 6.92 Å². The van der Waals surface area contributed by atoms with Gasteiger partial charge in [-0.2, -0.15) is 0 Å². The molecule has 0 aliphatic carbocycles. The first kappa shape index (κ1) is 20.3. The Balaban J connectivity index is 2.03. The molecule has 0 fully saturated rings. The van der Waals surface area contributed by atoms with Crippen molar-refractivity contribution < 1.29 is 19.1 Å². The van der Waals surface area contributed by atoms with E-state index in [4.69, 9.17) is 9.47 Å². The van der Waals surface area contributed by atoms with Gasteiger partial charge in [0.05, 0.1) is 18.9 Å². The number of amides is 2. The number of para-hydroxylation sites is 2. The summed E-state index contributed by atoms with van der Waals surface area (Å²) in [6.07, 6.45) is 0.164. The zero-order valence-electron chi connectivity index (χ0n) is 16.2. The van der Waals surface area contributed by atoms with Crippen LogP contribution in [0, 0.1) is 0 Å². The third kappa shape index (κ3) is 6.02. The number of ether oxygens (including phenoxy) is 2. The number of methoxy groups -OCH3 is 1. The number of nitrogens with zero attached hydrogens (tertiary/aromatic N) is 1. The van der Waals surface area contributed by atoms with Gasteiger partial charge in [0.25, 0.3) is 0 Å². The van der Waals surface area contributed by atoms with Crippen molar-refractivity contribution in [3.05, 3.63) is 48.5 Å². The second-order valence-electron chi connectivity index (χ2n) is 6.33. The van der Waals surface area contributed by atoms with Crippen molar-refractivity contribution in [3.63, 3.8) is 0 Å². The van der Waals surface area contributed by atoms with E-state index < -0.39 is 0 Å². The number of nitrogens with one attached hydrogen (secondary N) is 1. The summed E-state index contributed by atoms with van der Waals surface area (Å²) in [4.78, 5) is 26.0. The Bertz CT molecular complexity index is 789. The molecule has 0 bridgehead atoms. The van der Waals surface area contributed by atoms with Crippen molar-refractivity contribution in [2.75, 3.05) is 23.9 Å². The molecule has 144 valence electrons. The lowest BCUT2D eigenvalue weighted by atomic mass is 10.2. The normalized spacial score (nSPS) is 10.4.